The molecular formula is C22H27NO3S. The molecule has 144 valence electrons. The van der Waals surface area contributed by atoms with Gasteiger partial charge >= 0.3 is 0 Å². The van der Waals surface area contributed by atoms with Crippen LogP contribution in [0.25, 0.3) is 0 Å². The van der Waals surface area contributed by atoms with Crippen molar-refractivity contribution in [3.63, 3.8) is 0 Å². The van der Waals surface area contributed by atoms with E-state index in [4.69, 9.17) is 0 Å². The van der Waals surface area contributed by atoms with Crippen LogP contribution >= 0.6 is 0 Å². The molecular weight excluding hydrogens is 358 g/mol. The summed E-state index contributed by atoms with van der Waals surface area (Å²) in [7, 11) is -3.21. The molecule has 0 spiro atoms. The highest BCUT2D eigenvalue weighted by atomic mass is 32.2. The summed E-state index contributed by atoms with van der Waals surface area (Å²) in [4.78, 5) is 15.2. The van der Waals surface area contributed by atoms with Gasteiger partial charge in [-0.1, -0.05) is 42.5 Å². The van der Waals surface area contributed by atoms with Crippen LogP contribution in [-0.4, -0.2) is 38.1 Å². The van der Waals surface area contributed by atoms with Crippen molar-refractivity contribution in [2.24, 2.45) is 0 Å². The number of nitrogens with zero attached hydrogens (tertiary/aromatic N) is 1. The van der Waals surface area contributed by atoms with E-state index in [0.717, 1.165) is 37.8 Å². The Kier molecular flexibility index (Phi) is 6.32. The number of amides is 1. The minimum absolute atomic E-state index is 0.139. The van der Waals surface area contributed by atoms with E-state index in [9.17, 15) is 13.2 Å². The van der Waals surface area contributed by atoms with E-state index < -0.39 is 9.84 Å². The Labute approximate surface area is 162 Å². The number of carbonyl (C=O) groups is 1. The zero-order chi connectivity index (χ0) is 19.3. The normalized spacial score (nSPS) is 17.7. The Morgan fingerprint density at radius 2 is 1.70 bits per heavy atom. The Morgan fingerprint density at radius 1 is 1.00 bits per heavy atom. The molecule has 1 fully saturated rings. The zero-order valence-electron chi connectivity index (χ0n) is 15.8. The lowest BCUT2D eigenvalue weighted by Gasteiger charge is -2.36. The Hall–Kier alpha value is -2.14. The van der Waals surface area contributed by atoms with E-state index in [1.807, 2.05) is 11.0 Å². The summed E-state index contributed by atoms with van der Waals surface area (Å²) in [5, 5.41) is 0. The van der Waals surface area contributed by atoms with Crippen LogP contribution in [0.5, 0.6) is 0 Å². The van der Waals surface area contributed by atoms with Crippen LogP contribution in [0, 0.1) is 0 Å². The third-order valence-electron chi connectivity index (χ3n) is 5.26. The summed E-state index contributed by atoms with van der Waals surface area (Å²) in [6, 6.07) is 17.4. The second kappa shape index (κ2) is 8.70. The van der Waals surface area contributed by atoms with Gasteiger partial charge in [-0.3, -0.25) is 4.79 Å². The van der Waals surface area contributed by atoms with Gasteiger partial charge in [0.05, 0.1) is 11.3 Å². The molecule has 1 aliphatic rings. The molecule has 27 heavy (non-hydrogen) atoms. The van der Waals surface area contributed by atoms with E-state index in [-0.39, 0.29) is 10.8 Å². The number of sulfone groups is 1. The number of hydrogen-bond donors (Lipinski definition) is 0. The van der Waals surface area contributed by atoms with Gasteiger partial charge in [0.15, 0.2) is 9.84 Å². The Bertz CT molecular complexity index is 860. The van der Waals surface area contributed by atoms with E-state index in [1.54, 1.807) is 24.3 Å². The summed E-state index contributed by atoms with van der Waals surface area (Å²) in [6.45, 7) is 0.819. The van der Waals surface area contributed by atoms with E-state index in [1.165, 1.54) is 18.2 Å². The van der Waals surface area contributed by atoms with Gasteiger partial charge in [0.2, 0.25) is 5.91 Å². The Balaban J connectivity index is 1.62. The molecule has 0 aromatic heterocycles. The first-order valence-electron chi connectivity index (χ1n) is 9.56. The van der Waals surface area contributed by atoms with Crippen LogP contribution in [0.2, 0.25) is 0 Å². The first-order chi connectivity index (χ1) is 12.9. The molecule has 1 unspecified atom stereocenters. The molecule has 0 radical (unpaired) electrons. The molecule has 3 rings (SSSR count). The molecule has 2 aromatic carbocycles. The average molecular weight is 386 g/mol. The smallest absolute Gasteiger partial charge is 0.227 e. The molecule has 2 aromatic rings. The third kappa shape index (κ3) is 5.42. The predicted molar refractivity (Wildman–Crippen MR) is 107 cm³/mol. The maximum Gasteiger partial charge on any atom is 0.227 e. The standard InChI is InChI=1S/C22H27NO3S/c1-27(25,26)21-14-11-19(12-15-21)17-22(24)23-16-6-5-9-20(23)13-10-18-7-3-2-4-8-18/h2-4,7-8,11-12,14-15,20H,5-6,9-10,13,16-17H2,1H3. The number of carbonyl (C=O) groups excluding carboxylic acids is 1. The number of benzene rings is 2. The largest absolute Gasteiger partial charge is 0.339 e. The number of likely N-dealkylation sites (tertiary alicyclic amines) is 1. The van der Waals surface area contributed by atoms with Gasteiger partial charge in [-0.05, 0) is 55.4 Å². The molecule has 5 heteroatoms. The summed E-state index contributed by atoms with van der Waals surface area (Å²) in [5.41, 5.74) is 2.17. The topological polar surface area (TPSA) is 54.5 Å². The van der Waals surface area contributed by atoms with Crippen molar-refractivity contribution < 1.29 is 13.2 Å². The molecule has 1 aliphatic heterocycles. The van der Waals surface area contributed by atoms with Gasteiger partial charge < -0.3 is 4.90 Å². The molecule has 1 amide bonds. The van der Waals surface area contributed by atoms with E-state index in [0.29, 0.717) is 12.5 Å². The van der Waals surface area contributed by atoms with Gasteiger partial charge in [-0.15, -0.1) is 0 Å². The van der Waals surface area contributed by atoms with Gasteiger partial charge in [0, 0.05) is 18.8 Å². The first kappa shape index (κ1) is 19.6. The summed E-state index contributed by atoms with van der Waals surface area (Å²) in [5.74, 6) is 0.139. The second-order valence-corrected chi connectivity index (χ2v) is 9.37. The summed E-state index contributed by atoms with van der Waals surface area (Å²) >= 11 is 0. The van der Waals surface area contributed by atoms with Crippen LogP contribution in [0.3, 0.4) is 0 Å². The maximum absolute atomic E-state index is 12.9. The maximum atomic E-state index is 12.9. The minimum atomic E-state index is -3.21. The van der Waals surface area contributed by atoms with Crippen molar-refractivity contribution in [2.45, 2.75) is 49.5 Å². The van der Waals surface area contributed by atoms with Gasteiger partial charge in [0.25, 0.3) is 0 Å². The van der Waals surface area contributed by atoms with Gasteiger partial charge in [-0.2, -0.15) is 0 Å². The molecule has 0 aliphatic carbocycles. The van der Waals surface area contributed by atoms with Crippen LogP contribution in [-0.2, 0) is 27.5 Å². The molecule has 4 nitrogen and oxygen atoms in total. The molecule has 0 N–H and O–H groups in total. The van der Waals surface area contributed by atoms with Crippen molar-refractivity contribution in [2.75, 3.05) is 12.8 Å². The summed E-state index contributed by atoms with van der Waals surface area (Å²) < 4.78 is 23.1. The van der Waals surface area contributed by atoms with Crippen molar-refractivity contribution in [3.05, 3.63) is 65.7 Å². The lowest BCUT2D eigenvalue weighted by atomic mass is 9.95. The summed E-state index contributed by atoms with van der Waals surface area (Å²) in [6.07, 6.45) is 6.78. The molecule has 1 heterocycles. The van der Waals surface area contributed by atoms with Crippen LogP contribution < -0.4 is 0 Å². The molecule has 0 saturated carbocycles. The lowest BCUT2D eigenvalue weighted by Crippen LogP contribution is -2.44. The fourth-order valence-electron chi connectivity index (χ4n) is 3.74. The fraction of sp³-hybridized carbons (Fsp3) is 0.409. The molecule has 1 atom stereocenters. The predicted octanol–water partition coefficient (Wildman–Crippen LogP) is 3.65. The molecule has 1 saturated heterocycles. The van der Waals surface area contributed by atoms with Gasteiger partial charge in [-0.25, -0.2) is 8.42 Å². The van der Waals surface area contributed by atoms with Crippen molar-refractivity contribution in [1.82, 2.24) is 4.90 Å². The van der Waals surface area contributed by atoms with Gasteiger partial charge in [0.1, 0.15) is 0 Å². The number of hydrogen-bond acceptors (Lipinski definition) is 3. The van der Waals surface area contributed by atoms with Crippen LogP contribution in [0.4, 0.5) is 0 Å². The third-order valence-corrected chi connectivity index (χ3v) is 6.39. The second-order valence-electron chi connectivity index (χ2n) is 7.35. The SMILES string of the molecule is CS(=O)(=O)c1ccc(CC(=O)N2CCCCC2CCc2ccccc2)cc1. The molecule has 0 bridgehead atoms. The highest BCUT2D eigenvalue weighted by molar-refractivity contribution is 7.90. The minimum Gasteiger partial charge on any atom is -0.339 e. The van der Waals surface area contributed by atoms with Crippen LogP contribution in [0.1, 0.15) is 36.8 Å². The highest BCUT2D eigenvalue weighted by Crippen LogP contribution is 2.23. The monoisotopic (exact) mass is 385 g/mol. The number of rotatable bonds is 6. The first-order valence-corrected chi connectivity index (χ1v) is 11.4. The number of piperidine rings is 1. The quantitative estimate of drug-likeness (QED) is 0.763. The number of aryl methyl sites for hydroxylation is 1. The Morgan fingerprint density at radius 3 is 2.37 bits per heavy atom. The van der Waals surface area contributed by atoms with Crippen LogP contribution in [0.15, 0.2) is 59.5 Å². The van der Waals surface area contributed by atoms with E-state index >= 15 is 0 Å². The average Bonchev–Trinajstić information content (AvgIpc) is 2.67. The fourth-order valence-corrected chi connectivity index (χ4v) is 4.37. The van der Waals surface area contributed by atoms with Crippen molar-refractivity contribution in [3.8, 4) is 0 Å². The van der Waals surface area contributed by atoms with Crippen molar-refractivity contribution in [1.29, 1.82) is 0 Å². The lowest BCUT2D eigenvalue weighted by molar-refractivity contribution is -0.134. The zero-order valence-corrected chi connectivity index (χ0v) is 16.6. The highest BCUT2D eigenvalue weighted by Gasteiger charge is 2.26. The van der Waals surface area contributed by atoms with Crippen molar-refractivity contribution >= 4 is 15.7 Å². The van der Waals surface area contributed by atoms with E-state index in [2.05, 4.69) is 24.3 Å².